The van der Waals surface area contributed by atoms with Crippen LogP contribution in [0, 0.1) is 5.82 Å². The first-order valence-electron chi connectivity index (χ1n) is 8.06. The Hall–Kier alpha value is -2.84. The molecule has 0 fully saturated rings. The number of fused-ring (bicyclic) bond motifs is 1. The Labute approximate surface area is 162 Å². The molecule has 1 N–H and O–H groups in total. The molecule has 0 aliphatic rings. The van der Waals surface area contributed by atoms with Crippen LogP contribution in [0.25, 0.3) is 16.2 Å². The van der Waals surface area contributed by atoms with Gasteiger partial charge in [-0.25, -0.2) is 4.39 Å². The van der Waals surface area contributed by atoms with Gasteiger partial charge in [-0.05, 0) is 35.7 Å². The van der Waals surface area contributed by atoms with Crippen molar-refractivity contribution in [2.24, 2.45) is 0 Å². The van der Waals surface area contributed by atoms with Crippen LogP contribution in [0.2, 0.25) is 5.02 Å². The number of nitrogens with one attached hydrogen (secondary N) is 1. The van der Waals surface area contributed by atoms with Gasteiger partial charge in [-0.3, -0.25) is 4.79 Å². The summed E-state index contributed by atoms with van der Waals surface area (Å²) in [5, 5.41) is 17.6. The van der Waals surface area contributed by atoms with Crippen LogP contribution in [0.3, 0.4) is 0 Å². The zero-order chi connectivity index (χ0) is 18.8. The Morgan fingerprint density at radius 2 is 2.07 bits per heavy atom. The minimum Gasteiger partial charge on any atom is -0.348 e. The summed E-state index contributed by atoms with van der Waals surface area (Å²) in [5.74, 6) is -0.391. The van der Waals surface area contributed by atoms with Crippen molar-refractivity contribution in [1.82, 2.24) is 25.1 Å². The number of thiophene rings is 1. The Morgan fingerprint density at radius 3 is 2.85 bits per heavy atom. The number of aromatic nitrogens is 4. The summed E-state index contributed by atoms with van der Waals surface area (Å²) < 4.78 is 15.4. The highest BCUT2D eigenvalue weighted by Gasteiger charge is 2.14. The van der Waals surface area contributed by atoms with Gasteiger partial charge in [0.05, 0.1) is 17.8 Å². The molecular formula is C18H13ClFN5OS. The molecule has 1 amide bonds. The van der Waals surface area contributed by atoms with E-state index in [1.165, 1.54) is 12.1 Å². The molecule has 9 heteroatoms. The van der Waals surface area contributed by atoms with E-state index in [1.54, 1.807) is 21.9 Å². The molecule has 0 saturated carbocycles. The van der Waals surface area contributed by atoms with Crippen molar-refractivity contribution >= 4 is 34.5 Å². The van der Waals surface area contributed by atoms with E-state index in [-0.39, 0.29) is 29.5 Å². The van der Waals surface area contributed by atoms with Crippen molar-refractivity contribution in [1.29, 1.82) is 0 Å². The summed E-state index contributed by atoms with van der Waals surface area (Å²) in [6.45, 7) is 0.118. The van der Waals surface area contributed by atoms with E-state index in [1.807, 2.05) is 29.6 Å². The Morgan fingerprint density at radius 1 is 1.19 bits per heavy atom. The normalized spacial score (nSPS) is 11.0. The van der Waals surface area contributed by atoms with Gasteiger partial charge in [0.2, 0.25) is 5.91 Å². The number of hydrogen-bond acceptors (Lipinski definition) is 5. The fraction of sp³-hybridized carbons (Fsp3) is 0.111. The molecule has 1 aromatic carbocycles. The summed E-state index contributed by atoms with van der Waals surface area (Å²) in [6, 6.07) is 11.9. The van der Waals surface area contributed by atoms with Crippen LogP contribution < -0.4 is 5.32 Å². The number of carbonyl (C=O) groups is 1. The summed E-state index contributed by atoms with van der Waals surface area (Å²) in [7, 11) is 0. The van der Waals surface area contributed by atoms with Gasteiger partial charge in [0.1, 0.15) is 11.5 Å². The van der Waals surface area contributed by atoms with E-state index < -0.39 is 5.82 Å². The van der Waals surface area contributed by atoms with Crippen LogP contribution in [0.4, 0.5) is 4.39 Å². The zero-order valence-corrected chi connectivity index (χ0v) is 15.5. The number of amides is 1. The van der Waals surface area contributed by atoms with E-state index in [9.17, 15) is 9.18 Å². The predicted molar refractivity (Wildman–Crippen MR) is 101 cm³/mol. The molecule has 6 nitrogen and oxygen atoms in total. The highest BCUT2D eigenvalue weighted by Crippen LogP contribution is 2.22. The van der Waals surface area contributed by atoms with Crippen molar-refractivity contribution in [2.75, 3.05) is 0 Å². The summed E-state index contributed by atoms with van der Waals surface area (Å²) in [4.78, 5) is 13.2. The summed E-state index contributed by atoms with van der Waals surface area (Å²) in [6.07, 6.45) is -0.157. The van der Waals surface area contributed by atoms with Crippen molar-refractivity contribution in [3.8, 4) is 10.6 Å². The molecule has 3 heterocycles. The highest BCUT2D eigenvalue weighted by atomic mass is 35.5. The third kappa shape index (κ3) is 3.67. The molecule has 4 rings (SSSR count). The average molecular weight is 402 g/mol. The number of carbonyl (C=O) groups excluding carboxylic acids is 1. The molecule has 0 aliphatic carbocycles. The lowest BCUT2D eigenvalue weighted by molar-refractivity contribution is -0.120. The lowest BCUT2D eigenvalue weighted by Crippen LogP contribution is -2.26. The first-order valence-corrected chi connectivity index (χ1v) is 9.32. The second kappa shape index (κ2) is 7.42. The zero-order valence-electron chi connectivity index (χ0n) is 13.9. The van der Waals surface area contributed by atoms with E-state index >= 15 is 0 Å². The molecule has 136 valence electrons. The van der Waals surface area contributed by atoms with Gasteiger partial charge in [0.15, 0.2) is 11.5 Å². The van der Waals surface area contributed by atoms with Crippen LogP contribution in [-0.2, 0) is 17.8 Å². The van der Waals surface area contributed by atoms with E-state index in [2.05, 4.69) is 20.6 Å². The predicted octanol–water partition coefficient (Wildman–Crippen LogP) is 3.50. The minimum absolute atomic E-state index is 0.118. The van der Waals surface area contributed by atoms with Crippen molar-refractivity contribution in [3.05, 3.63) is 70.1 Å². The topological polar surface area (TPSA) is 72.2 Å². The first kappa shape index (κ1) is 17.6. The summed E-state index contributed by atoms with van der Waals surface area (Å²) in [5.41, 5.74) is 1.54. The fourth-order valence-corrected chi connectivity index (χ4v) is 3.52. The molecule has 3 aromatic heterocycles. The number of benzene rings is 1. The van der Waals surface area contributed by atoms with Gasteiger partial charge in [-0.15, -0.1) is 21.5 Å². The monoisotopic (exact) mass is 401 g/mol. The molecule has 0 aliphatic heterocycles. The molecule has 27 heavy (non-hydrogen) atoms. The maximum absolute atomic E-state index is 13.8. The standard InChI is InChI=1S/C18H13ClFN5OS/c19-12-3-1-4-13(20)11(12)9-18(26)21-10-17-23-22-16-7-6-14(24-25(16)17)15-5-2-8-27-15/h1-8H,9-10H2,(H,21,26). The first-order chi connectivity index (χ1) is 13.1. The molecule has 0 atom stereocenters. The number of nitrogens with zero attached hydrogens (tertiary/aromatic N) is 4. The molecule has 0 saturated heterocycles. The minimum atomic E-state index is -0.507. The molecule has 0 spiro atoms. The van der Waals surface area contributed by atoms with E-state index in [0.29, 0.717) is 11.5 Å². The largest absolute Gasteiger partial charge is 0.348 e. The highest BCUT2D eigenvalue weighted by molar-refractivity contribution is 7.13. The van der Waals surface area contributed by atoms with Crippen LogP contribution in [0.1, 0.15) is 11.4 Å². The quantitative estimate of drug-likeness (QED) is 0.555. The Kier molecular flexibility index (Phi) is 4.83. The summed E-state index contributed by atoms with van der Waals surface area (Å²) >= 11 is 7.54. The van der Waals surface area contributed by atoms with Gasteiger partial charge in [0.25, 0.3) is 0 Å². The second-order valence-corrected chi connectivity index (χ2v) is 7.09. The average Bonchev–Trinajstić information content (AvgIpc) is 3.32. The smallest absolute Gasteiger partial charge is 0.224 e. The van der Waals surface area contributed by atoms with E-state index in [4.69, 9.17) is 11.6 Å². The Bertz CT molecular complexity index is 1090. The van der Waals surface area contributed by atoms with Crippen LogP contribution in [0.15, 0.2) is 47.8 Å². The van der Waals surface area contributed by atoms with Gasteiger partial charge in [-0.2, -0.15) is 9.61 Å². The molecular weight excluding hydrogens is 389 g/mol. The van der Waals surface area contributed by atoms with Crippen molar-refractivity contribution < 1.29 is 9.18 Å². The number of hydrogen-bond donors (Lipinski definition) is 1. The molecule has 0 bridgehead atoms. The molecule has 0 unspecified atom stereocenters. The Balaban J connectivity index is 1.50. The number of rotatable bonds is 5. The third-order valence-electron chi connectivity index (χ3n) is 3.94. The van der Waals surface area contributed by atoms with Crippen molar-refractivity contribution in [2.45, 2.75) is 13.0 Å². The maximum Gasteiger partial charge on any atom is 0.224 e. The van der Waals surface area contributed by atoms with Crippen LogP contribution >= 0.6 is 22.9 Å². The van der Waals surface area contributed by atoms with Gasteiger partial charge >= 0.3 is 0 Å². The van der Waals surface area contributed by atoms with Gasteiger partial charge in [0, 0.05) is 10.6 Å². The van der Waals surface area contributed by atoms with Crippen LogP contribution in [0.5, 0.6) is 0 Å². The third-order valence-corrected chi connectivity index (χ3v) is 5.19. The van der Waals surface area contributed by atoms with Crippen molar-refractivity contribution in [3.63, 3.8) is 0 Å². The molecule has 4 aromatic rings. The molecule has 0 radical (unpaired) electrons. The maximum atomic E-state index is 13.8. The lowest BCUT2D eigenvalue weighted by Gasteiger charge is -2.07. The van der Waals surface area contributed by atoms with Gasteiger partial charge < -0.3 is 5.32 Å². The van der Waals surface area contributed by atoms with E-state index in [0.717, 1.165) is 10.6 Å². The fourth-order valence-electron chi connectivity index (χ4n) is 2.60. The SMILES string of the molecule is O=C(Cc1c(F)cccc1Cl)NCc1nnc2ccc(-c3cccs3)nn12. The lowest BCUT2D eigenvalue weighted by atomic mass is 10.1. The van der Waals surface area contributed by atoms with Crippen LogP contribution in [-0.4, -0.2) is 25.7 Å². The second-order valence-electron chi connectivity index (χ2n) is 5.74. The number of halogens is 2. The van der Waals surface area contributed by atoms with Gasteiger partial charge in [-0.1, -0.05) is 23.7 Å².